The smallest absolute Gasteiger partial charge is 0.175 e. The lowest BCUT2D eigenvalue weighted by Gasteiger charge is -1.98. The van der Waals surface area contributed by atoms with Gasteiger partial charge in [0.25, 0.3) is 0 Å². The number of hydrogen-bond acceptors (Lipinski definition) is 3. The molecule has 1 fully saturated rings. The van der Waals surface area contributed by atoms with Gasteiger partial charge >= 0.3 is 0 Å². The van der Waals surface area contributed by atoms with Crippen molar-refractivity contribution < 1.29 is 0 Å². The molecule has 2 rings (SSSR count). The number of nitrogens with two attached hydrogens (primary N) is 1. The molecule has 0 spiro atoms. The van der Waals surface area contributed by atoms with Gasteiger partial charge in [0.05, 0.1) is 0 Å². The van der Waals surface area contributed by atoms with E-state index in [9.17, 15) is 0 Å². The molecule has 0 bridgehead atoms. The minimum Gasteiger partial charge on any atom is -0.387 e. The molecular weight excluding hydrogens is 202 g/mol. The summed E-state index contributed by atoms with van der Waals surface area (Å²) in [6.07, 6.45) is 3.62. The standard InChI is InChI=1S/C11H17N5/c1-2-8(12)5-10(13)14-11-6-9(15-16-11)7-3-4-7/h6-7,12H,2-5H2,1H3,(H3,13,14,15,16). The van der Waals surface area contributed by atoms with E-state index in [0.29, 0.717) is 36.1 Å². The van der Waals surface area contributed by atoms with E-state index < -0.39 is 0 Å². The first-order valence-electron chi connectivity index (χ1n) is 5.63. The molecule has 0 amide bonds. The normalized spacial score (nSPS) is 16.4. The topological polar surface area (TPSA) is 90.9 Å². The lowest BCUT2D eigenvalue weighted by atomic mass is 10.2. The van der Waals surface area contributed by atoms with Crippen molar-refractivity contribution in [1.29, 1.82) is 5.41 Å². The van der Waals surface area contributed by atoms with Gasteiger partial charge in [-0.3, -0.25) is 5.10 Å². The minimum absolute atomic E-state index is 0.433. The van der Waals surface area contributed by atoms with Gasteiger partial charge in [-0.1, -0.05) is 6.92 Å². The van der Waals surface area contributed by atoms with Gasteiger partial charge in [0.15, 0.2) is 5.82 Å². The molecule has 0 saturated heterocycles. The Morgan fingerprint density at radius 2 is 2.44 bits per heavy atom. The van der Waals surface area contributed by atoms with Crippen molar-refractivity contribution in [2.75, 3.05) is 0 Å². The number of aromatic amines is 1. The van der Waals surface area contributed by atoms with Crippen LogP contribution in [0.2, 0.25) is 0 Å². The highest BCUT2D eigenvalue weighted by molar-refractivity contribution is 6.01. The van der Waals surface area contributed by atoms with E-state index in [2.05, 4.69) is 15.2 Å². The van der Waals surface area contributed by atoms with Crippen molar-refractivity contribution in [3.8, 4) is 0 Å². The van der Waals surface area contributed by atoms with Gasteiger partial charge in [-0.2, -0.15) is 5.10 Å². The van der Waals surface area contributed by atoms with Gasteiger partial charge < -0.3 is 11.1 Å². The summed E-state index contributed by atoms with van der Waals surface area (Å²) in [5.74, 6) is 1.73. The zero-order chi connectivity index (χ0) is 11.5. The van der Waals surface area contributed by atoms with E-state index in [1.807, 2.05) is 13.0 Å². The highest BCUT2D eigenvalue weighted by atomic mass is 15.2. The fourth-order valence-corrected chi connectivity index (χ4v) is 1.52. The zero-order valence-electron chi connectivity index (χ0n) is 9.45. The Bertz CT molecular complexity index is 414. The van der Waals surface area contributed by atoms with E-state index in [1.165, 1.54) is 12.8 Å². The van der Waals surface area contributed by atoms with E-state index in [4.69, 9.17) is 11.1 Å². The van der Waals surface area contributed by atoms with Crippen LogP contribution in [-0.2, 0) is 0 Å². The van der Waals surface area contributed by atoms with Crippen molar-refractivity contribution in [2.45, 2.75) is 38.5 Å². The van der Waals surface area contributed by atoms with E-state index in [-0.39, 0.29) is 0 Å². The second kappa shape index (κ2) is 4.47. The highest BCUT2D eigenvalue weighted by Gasteiger charge is 2.25. The number of aliphatic imine (C=N–C) groups is 1. The summed E-state index contributed by atoms with van der Waals surface area (Å²) in [5.41, 5.74) is 7.49. The van der Waals surface area contributed by atoms with Crippen LogP contribution in [0, 0.1) is 5.41 Å². The second-order valence-electron chi connectivity index (χ2n) is 4.19. The number of nitrogens with zero attached hydrogens (tertiary/aromatic N) is 2. The van der Waals surface area contributed by atoms with Crippen LogP contribution >= 0.6 is 0 Å². The summed E-state index contributed by atoms with van der Waals surface area (Å²) >= 11 is 0. The summed E-state index contributed by atoms with van der Waals surface area (Å²) in [7, 11) is 0. The average molecular weight is 219 g/mol. The van der Waals surface area contributed by atoms with E-state index >= 15 is 0 Å². The lowest BCUT2D eigenvalue weighted by molar-refractivity contribution is 0.964. The third kappa shape index (κ3) is 2.68. The molecule has 1 aliphatic rings. The van der Waals surface area contributed by atoms with Crippen molar-refractivity contribution in [3.05, 3.63) is 11.8 Å². The zero-order valence-corrected chi connectivity index (χ0v) is 9.45. The number of hydrogen-bond donors (Lipinski definition) is 3. The SMILES string of the molecule is CCC(=N)CC(N)=Nc1cc(C2CC2)[nH]n1. The monoisotopic (exact) mass is 219 g/mol. The van der Waals surface area contributed by atoms with Gasteiger partial charge in [0.2, 0.25) is 0 Å². The number of nitrogens with one attached hydrogen (secondary N) is 2. The maximum atomic E-state index is 7.53. The highest BCUT2D eigenvalue weighted by Crippen LogP contribution is 2.39. The summed E-state index contributed by atoms with van der Waals surface area (Å²) < 4.78 is 0. The fourth-order valence-electron chi connectivity index (χ4n) is 1.52. The molecule has 5 heteroatoms. The van der Waals surface area contributed by atoms with Crippen molar-refractivity contribution >= 4 is 17.4 Å². The molecule has 16 heavy (non-hydrogen) atoms. The molecule has 0 radical (unpaired) electrons. The van der Waals surface area contributed by atoms with E-state index in [1.54, 1.807) is 0 Å². The maximum absolute atomic E-state index is 7.53. The van der Waals surface area contributed by atoms with Crippen LogP contribution in [0.15, 0.2) is 11.1 Å². The van der Waals surface area contributed by atoms with E-state index in [0.717, 1.165) is 5.69 Å². The summed E-state index contributed by atoms with van der Waals surface area (Å²) in [4.78, 5) is 4.19. The van der Waals surface area contributed by atoms with Crippen LogP contribution in [-0.4, -0.2) is 21.7 Å². The minimum atomic E-state index is 0.433. The fraction of sp³-hybridized carbons (Fsp3) is 0.545. The molecule has 1 heterocycles. The molecule has 0 atom stereocenters. The van der Waals surface area contributed by atoms with Gasteiger partial charge in [-0.25, -0.2) is 4.99 Å². The molecule has 86 valence electrons. The Morgan fingerprint density at radius 1 is 1.69 bits per heavy atom. The molecule has 1 saturated carbocycles. The quantitative estimate of drug-likeness (QED) is 0.522. The van der Waals surface area contributed by atoms with Gasteiger partial charge in [0.1, 0.15) is 5.84 Å². The molecule has 0 unspecified atom stereocenters. The molecule has 1 aromatic rings. The average Bonchev–Trinajstić information content (AvgIpc) is 3.00. The van der Waals surface area contributed by atoms with Crippen molar-refractivity contribution in [1.82, 2.24) is 10.2 Å². The Balaban J connectivity index is 2.00. The third-order valence-electron chi connectivity index (χ3n) is 2.68. The lowest BCUT2D eigenvalue weighted by Crippen LogP contribution is -2.15. The molecule has 0 aliphatic heterocycles. The largest absolute Gasteiger partial charge is 0.387 e. The van der Waals surface area contributed by atoms with Crippen LogP contribution in [0.25, 0.3) is 0 Å². The predicted octanol–water partition coefficient (Wildman–Crippen LogP) is 2.10. The summed E-state index contributed by atoms with van der Waals surface area (Å²) in [5, 5.41) is 14.6. The van der Waals surface area contributed by atoms with Crippen LogP contribution < -0.4 is 5.73 Å². The first-order valence-corrected chi connectivity index (χ1v) is 5.63. The molecular formula is C11H17N5. The molecule has 4 N–H and O–H groups in total. The maximum Gasteiger partial charge on any atom is 0.175 e. The summed E-state index contributed by atoms with van der Waals surface area (Å²) in [6, 6.07) is 1.94. The van der Waals surface area contributed by atoms with Gasteiger partial charge in [-0.05, 0) is 19.3 Å². The molecule has 0 aromatic carbocycles. The van der Waals surface area contributed by atoms with Gasteiger partial charge in [-0.15, -0.1) is 0 Å². The Morgan fingerprint density at radius 3 is 3.06 bits per heavy atom. The molecule has 5 nitrogen and oxygen atoms in total. The van der Waals surface area contributed by atoms with Crippen LogP contribution in [0.5, 0.6) is 0 Å². The number of rotatable bonds is 5. The molecule has 1 aliphatic carbocycles. The van der Waals surface area contributed by atoms with Gasteiger partial charge in [0, 0.05) is 29.8 Å². The number of amidine groups is 1. The van der Waals surface area contributed by atoms with Crippen molar-refractivity contribution in [2.24, 2.45) is 10.7 Å². The summed E-state index contributed by atoms with van der Waals surface area (Å²) in [6.45, 7) is 1.94. The molecule has 1 aromatic heterocycles. The van der Waals surface area contributed by atoms with Crippen LogP contribution in [0.4, 0.5) is 5.82 Å². The van der Waals surface area contributed by atoms with Crippen LogP contribution in [0.1, 0.15) is 44.2 Å². The van der Waals surface area contributed by atoms with Crippen LogP contribution in [0.3, 0.4) is 0 Å². The first kappa shape index (κ1) is 10.9. The number of H-pyrrole nitrogens is 1. The first-order chi connectivity index (χ1) is 7.69. The third-order valence-corrected chi connectivity index (χ3v) is 2.68. The predicted molar refractivity (Wildman–Crippen MR) is 64.5 cm³/mol. The number of aromatic nitrogens is 2. The second-order valence-corrected chi connectivity index (χ2v) is 4.19. The Labute approximate surface area is 94.7 Å². The Kier molecular flexibility index (Phi) is 3.03. The van der Waals surface area contributed by atoms with Crippen molar-refractivity contribution in [3.63, 3.8) is 0 Å². The Hall–Kier alpha value is -1.65.